The summed E-state index contributed by atoms with van der Waals surface area (Å²) >= 11 is 0. The number of fused-ring (bicyclic) bond motifs is 2. The molecule has 0 radical (unpaired) electrons. The second-order valence-corrected chi connectivity index (χ2v) is 4.92. The maximum absolute atomic E-state index is 12.5. The first kappa shape index (κ1) is 15.1. The number of nitrogens with zero attached hydrogens (tertiary/aromatic N) is 2. The first-order chi connectivity index (χ1) is 11.2. The van der Waals surface area contributed by atoms with Gasteiger partial charge in [0.25, 0.3) is 5.75 Å². The Hall–Kier alpha value is -3.82. The van der Waals surface area contributed by atoms with E-state index in [1.54, 1.807) is 0 Å². The molecule has 24 heavy (non-hydrogen) atoms. The van der Waals surface area contributed by atoms with Crippen molar-refractivity contribution in [3.05, 3.63) is 66.7 Å². The predicted molar refractivity (Wildman–Crippen MR) is 76.4 cm³/mol. The van der Waals surface area contributed by atoms with Gasteiger partial charge in [-0.25, -0.2) is 0 Å². The van der Waals surface area contributed by atoms with Gasteiger partial charge >= 0.3 is 11.4 Å². The SMILES string of the molecule is O=C1c2ccc(O)cc2C(=O)c2c1cc([N+](=O)[O-])c(O)c2[N+](=O)[O-]. The first-order valence-electron chi connectivity index (χ1n) is 6.35. The second-order valence-electron chi connectivity index (χ2n) is 4.92. The summed E-state index contributed by atoms with van der Waals surface area (Å²) in [4.78, 5) is 44.9. The van der Waals surface area contributed by atoms with Gasteiger partial charge in [-0.1, -0.05) is 0 Å². The van der Waals surface area contributed by atoms with Gasteiger partial charge in [0.2, 0.25) is 5.78 Å². The molecular weight excluding hydrogens is 324 g/mol. The van der Waals surface area contributed by atoms with Crippen LogP contribution in [0.2, 0.25) is 0 Å². The Morgan fingerprint density at radius 3 is 2.08 bits per heavy atom. The summed E-state index contributed by atoms with van der Waals surface area (Å²) in [7, 11) is 0. The van der Waals surface area contributed by atoms with Gasteiger partial charge in [-0.2, -0.15) is 0 Å². The van der Waals surface area contributed by atoms with Crippen LogP contribution >= 0.6 is 0 Å². The molecule has 0 aliphatic heterocycles. The van der Waals surface area contributed by atoms with Crippen LogP contribution in [0, 0.1) is 20.2 Å². The molecule has 2 aromatic carbocycles. The fourth-order valence-corrected chi connectivity index (χ4v) is 2.57. The van der Waals surface area contributed by atoms with E-state index in [2.05, 4.69) is 0 Å². The van der Waals surface area contributed by atoms with Crippen molar-refractivity contribution < 1.29 is 29.6 Å². The van der Waals surface area contributed by atoms with E-state index >= 15 is 0 Å². The normalized spacial score (nSPS) is 12.5. The molecule has 10 heteroatoms. The Morgan fingerprint density at radius 1 is 0.833 bits per heavy atom. The summed E-state index contributed by atoms with van der Waals surface area (Å²) in [5.41, 5.74) is -4.00. The number of benzene rings is 2. The molecule has 120 valence electrons. The summed E-state index contributed by atoms with van der Waals surface area (Å²) < 4.78 is 0. The minimum atomic E-state index is -1.31. The van der Waals surface area contributed by atoms with Crippen LogP contribution < -0.4 is 0 Å². The lowest BCUT2D eigenvalue weighted by Gasteiger charge is -2.17. The van der Waals surface area contributed by atoms with Crippen LogP contribution in [-0.4, -0.2) is 31.6 Å². The fourth-order valence-electron chi connectivity index (χ4n) is 2.57. The van der Waals surface area contributed by atoms with Crippen LogP contribution in [0.5, 0.6) is 11.5 Å². The van der Waals surface area contributed by atoms with Gasteiger partial charge < -0.3 is 10.2 Å². The minimum absolute atomic E-state index is 0.153. The highest BCUT2D eigenvalue weighted by molar-refractivity contribution is 6.30. The summed E-state index contributed by atoms with van der Waals surface area (Å²) in [6, 6.07) is 3.87. The van der Waals surface area contributed by atoms with Gasteiger partial charge in [0.15, 0.2) is 5.78 Å². The standard InChI is InChI=1S/C14H6N2O8/c17-5-1-2-6-7(3-5)13(19)10-8(12(6)18)4-9(15(21)22)14(20)11(10)16(23)24/h1-4,17,20H. The molecule has 2 aromatic rings. The van der Waals surface area contributed by atoms with Gasteiger partial charge in [0, 0.05) is 22.8 Å². The number of phenolic OH excluding ortho intramolecular Hbond substituents is 2. The Labute approximate surface area is 131 Å². The average Bonchev–Trinajstić information content (AvgIpc) is 2.51. The van der Waals surface area contributed by atoms with Crippen molar-refractivity contribution in [2.75, 3.05) is 0 Å². The molecule has 0 atom stereocenters. The lowest BCUT2D eigenvalue weighted by atomic mass is 9.82. The van der Waals surface area contributed by atoms with Gasteiger partial charge in [0.1, 0.15) is 11.3 Å². The van der Waals surface area contributed by atoms with E-state index in [1.807, 2.05) is 0 Å². The third-order valence-corrected chi connectivity index (χ3v) is 3.60. The molecule has 1 aliphatic carbocycles. The largest absolute Gasteiger partial charge is 0.508 e. The zero-order chi connectivity index (χ0) is 17.8. The predicted octanol–water partition coefficient (Wildman–Crippen LogP) is 1.69. The van der Waals surface area contributed by atoms with Gasteiger partial charge in [0.05, 0.1) is 9.85 Å². The van der Waals surface area contributed by atoms with E-state index in [-0.39, 0.29) is 16.9 Å². The molecule has 0 unspecified atom stereocenters. The lowest BCUT2D eigenvalue weighted by molar-refractivity contribution is -0.396. The quantitative estimate of drug-likeness (QED) is 0.530. The van der Waals surface area contributed by atoms with Crippen LogP contribution in [-0.2, 0) is 0 Å². The topological polar surface area (TPSA) is 161 Å². The summed E-state index contributed by atoms with van der Waals surface area (Å²) in [6.07, 6.45) is 0. The maximum Gasteiger partial charge on any atom is 0.329 e. The van der Waals surface area contributed by atoms with Crippen LogP contribution in [0.25, 0.3) is 0 Å². The molecule has 10 nitrogen and oxygen atoms in total. The van der Waals surface area contributed by atoms with Crippen molar-refractivity contribution in [3.8, 4) is 11.5 Å². The van der Waals surface area contributed by atoms with Crippen LogP contribution in [0.3, 0.4) is 0 Å². The van der Waals surface area contributed by atoms with E-state index < -0.39 is 49.7 Å². The van der Waals surface area contributed by atoms with Crippen molar-refractivity contribution in [2.45, 2.75) is 0 Å². The van der Waals surface area contributed by atoms with E-state index in [0.29, 0.717) is 6.07 Å². The van der Waals surface area contributed by atoms with E-state index in [1.165, 1.54) is 0 Å². The van der Waals surface area contributed by atoms with Crippen LogP contribution in [0.15, 0.2) is 24.3 Å². The number of hydrogen-bond acceptors (Lipinski definition) is 8. The number of phenols is 2. The molecule has 3 rings (SSSR count). The third kappa shape index (κ3) is 1.90. The molecule has 0 saturated carbocycles. The van der Waals surface area contributed by atoms with Crippen molar-refractivity contribution in [2.24, 2.45) is 0 Å². The van der Waals surface area contributed by atoms with Gasteiger partial charge in [-0.15, -0.1) is 0 Å². The molecule has 2 N–H and O–H groups in total. The number of rotatable bonds is 2. The highest BCUT2D eigenvalue weighted by Gasteiger charge is 2.41. The fraction of sp³-hybridized carbons (Fsp3) is 0. The van der Waals surface area contributed by atoms with Crippen LogP contribution in [0.4, 0.5) is 11.4 Å². The number of hydrogen-bond donors (Lipinski definition) is 2. The zero-order valence-corrected chi connectivity index (χ0v) is 11.5. The molecular formula is C14H6N2O8. The molecule has 0 aromatic heterocycles. The number of carbonyl (C=O) groups excluding carboxylic acids is 2. The highest BCUT2D eigenvalue weighted by atomic mass is 16.6. The Morgan fingerprint density at radius 2 is 1.50 bits per heavy atom. The zero-order valence-electron chi connectivity index (χ0n) is 11.5. The third-order valence-electron chi connectivity index (χ3n) is 3.60. The van der Waals surface area contributed by atoms with Crippen LogP contribution in [0.1, 0.15) is 31.8 Å². The van der Waals surface area contributed by atoms with Gasteiger partial charge in [-0.05, 0) is 18.2 Å². The molecule has 1 aliphatic rings. The van der Waals surface area contributed by atoms with Crippen molar-refractivity contribution in [3.63, 3.8) is 0 Å². The lowest BCUT2D eigenvalue weighted by Crippen LogP contribution is -2.22. The first-order valence-corrected chi connectivity index (χ1v) is 6.35. The molecule has 0 fully saturated rings. The van der Waals surface area contributed by atoms with Crippen molar-refractivity contribution in [1.29, 1.82) is 0 Å². The average molecular weight is 330 g/mol. The van der Waals surface area contributed by atoms with E-state index in [4.69, 9.17) is 0 Å². The molecule has 0 heterocycles. The van der Waals surface area contributed by atoms with E-state index in [9.17, 15) is 40.0 Å². The number of carbonyl (C=O) groups is 2. The Bertz CT molecular complexity index is 979. The van der Waals surface area contributed by atoms with Crippen molar-refractivity contribution >= 4 is 22.9 Å². The number of aromatic hydroxyl groups is 2. The minimum Gasteiger partial charge on any atom is -0.508 e. The Kier molecular flexibility index (Phi) is 3.04. The van der Waals surface area contributed by atoms with E-state index in [0.717, 1.165) is 18.2 Å². The summed E-state index contributed by atoms with van der Waals surface area (Å²) in [6.45, 7) is 0. The molecule has 0 bridgehead atoms. The molecule has 0 saturated heterocycles. The number of ketones is 2. The molecule has 0 spiro atoms. The second kappa shape index (κ2) is 4.84. The number of nitro groups is 2. The monoisotopic (exact) mass is 330 g/mol. The van der Waals surface area contributed by atoms with Crippen molar-refractivity contribution in [1.82, 2.24) is 0 Å². The highest BCUT2D eigenvalue weighted by Crippen LogP contribution is 2.44. The summed E-state index contributed by atoms with van der Waals surface area (Å²) in [5, 5.41) is 41.4. The molecule has 0 amide bonds. The maximum atomic E-state index is 12.5. The number of nitro benzene ring substituents is 2. The smallest absolute Gasteiger partial charge is 0.329 e. The summed E-state index contributed by atoms with van der Waals surface area (Å²) in [5.74, 6) is -3.50. The van der Waals surface area contributed by atoms with Gasteiger partial charge in [-0.3, -0.25) is 29.8 Å². The Balaban J connectivity index is 2.44.